The predicted octanol–water partition coefficient (Wildman–Crippen LogP) is 3.20. The molecular formula is C20H23F2N3O4S. The van der Waals surface area contributed by atoms with E-state index in [9.17, 15) is 22.0 Å². The molecule has 2 aromatic rings. The molecular weight excluding hydrogens is 416 g/mol. The van der Waals surface area contributed by atoms with Gasteiger partial charge in [0.2, 0.25) is 10.0 Å². The number of methoxy groups -OCH3 is 1. The summed E-state index contributed by atoms with van der Waals surface area (Å²) in [5, 5.41) is 2.71. The average Bonchev–Trinajstić information content (AvgIpc) is 2.74. The highest BCUT2D eigenvalue weighted by Crippen LogP contribution is 2.22. The van der Waals surface area contributed by atoms with Crippen LogP contribution >= 0.6 is 0 Å². The topological polar surface area (TPSA) is 87.7 Å². The third-order valence-electron chi connectivity index (χ3n) is 4.99. The quantitative estimate of drug-likeness (QED) is 0.724. The number of nitrogens with one attached hydrogen (secondary N) is 2. The Hall–Kier alpha value is -2.72. The standard InChI is InChI=1S/C20H23F2N3O4S/c1-29-19-7-6-17(12-18(19)22)30(27,28)23-13-14-8-10-25(11-9-14)20(26)24-16-4-2-15(21)3-5-16/h2-7,12,14,23H,8-11,13H2,1H3,(H,24,26). The van der Waals surface area contributed by atoms with Crippen molar-refractivity contribution in [2.45, 2.75) is 17.7 Å². The highest BCUT2D eigenvalue weighted by atomic mass is 32.2. The van der Waals surface area contributed by atoms with Crippen molar-refractivity contribution >= 4 is 21.7 Å². The summed E-state index contributed by atoms with van der Waals surface area (Å²) < 4.78 is 58.9. The van der Waals surface area contributed by atoms with Crippen molar-refractivity contribution < 1.29 is 26.7 Å². The normalized spacial score (nSPS) is 15.1. The third kappa shape index (κ3) is 5.45. The van der Waals surface area contributed by atoms with E-state index in [0.717, 1.165) is 6.07 Å². The predicted molar refractivity (Wildman–Crippen MR) is 108 cm³/mol. The smallest absolute Gasteiger partial charge is 0.321 e. The lowest BCUT2D eigenvalue weighted by molar-refractivity contribution is 0.183. The Labute approximate surface area is 174 Å². The van der Waals surface area contributed by atoms with Gasteiger partial charge in [-0.05, 0) is 61.2 Å². The second-order valence-corrected chi connectivity index (χ2v) is 8.78. The van der Waals surface area contributed by atoms with E-state index in [0.29, 0.717) is 31.6 Å². The van der Waals surface area contributed by atoms with Gasteiger partial charge in [0, 0.05) is 25.3 Å². The second-order valence-electron chi connectivity index (χ2n) is 7.02. The lowest BCUT2D eigenvalue weighted by Crippen LogP contribution is -2.43. The molecule has 0 spiro atoms. The molecule has 1 heterocycles. The van der Waals surface area contributed by atoms with Crippen molar-refractivity contribution in [1.29, 1.82) is 0 Å². The molecule has 0 aromatic heterocycles. The van der Waals surface area contributed by atoms with E-state index in [4.69, 9.17) is 4.74 Å². The number of rotatable bonds is 6. The minimum atomic E-state index is -3.85. The van der Waals surface area contributed by atoms with Gasteiger partial charge in [0.25, 0.3) is 0 Å². The first-order valence-electron chi connectivity index (χ1n) is 9.43. The number of ether oxygens (including phenoxy) is 1. The molecule has 162 valence electrons. The van der Waals surface area contributed by atoms with Gasteiger partial charge in [0.05, 0.1) is 12.0 Å². The van der Waals surface area contributed by atoms with E-state index in [2.05, 4.69) is 10.0 Å². The minimum Gasteiger partial charge on any atom is -0.494 e. The van der Waals surface area contributed by atoms with Crippen LogP contribution in [0.4, 0.5) is 19.3 Å². The summed E-state index contributed by atoms with van der Waals surface area (Å²) in [6.07, 6.45) is 1.24. The van der Waals surface area contributed by atoms with Crippen LogP contribution in [-0.4, -0.2) is 46.1 Å². The number of hydrogen-bond donors (Lipinski definition) is 2. The van der Waals surface area contributed by atoms with E-state index in [-0.39, 0.29) is 35.0 Å². The van der Waals surface area contributed by atoms with Crippen LogP contribution < -0.4 is 14.8 Å². The second kappa shape index (κ2) is 9.40. The number of carbonyl (C=O) groups excluding carboxylic acids is 1. The molecule has 30 heavy (non-hydrogen) atoms. The molecule has 0 aliphatic carbocycles. The van der Waals surface area contributed by atoms with E-state index < -0.39 is 15.8 Å². The molecule has 1 aliphatic rings. The molecule has 2 aromatic carbocycles. The molecule has 1 fully saturated rings. The zero-order valence-electron chi connectivity index (χ0n) is 16.4. The van der Waals surface area contributed by atoms with Crippen molar-refractivity contribution in [1.82, 2.24) is 9.62 Å². The van der Waals surface area contributed by atoms with E-state index in [1.54, 1.807) is 4.90 Å². The van der Waals surface area contributed by atoms with Crippen molar-refractivity contribution in [2.75, 3.05) is 32.1 Å². The van der Waals surface area contributed by atoms with Gasteiger partial charge in [-0.25, -0.2) is 26.7 Å². The minimum absolute atomic E-state index is 0.0276. The van der Waals surface area contributed by atoms with E-state index in [1.807, 2.05) is 0 Å². The number of amides is 2. The number of likely N-dealkylation sites (tertiary alicyclic amines) is 1. The molecule has 0 unspecified atom stereocenters. The van der Waals surface area contributed by atoms with Crippen molar-refractivity contribution in [3.05, 3.63) is 54.1 Å². The monoisotopic (exact) mass is 439 g/mol. The first kappa shape index (κ1) is 22.0. The Kier molecular flexibility index (Phi) is 6.88. The summed E-state index contributed by atoms with van der Waals surface area (Å²) in [5.74, 6) is -1.10. The maximum atomic E-state index is 13.8. The number of hydrogen-bond acceptors (Lipinski definition) is 4. The number of urea groups is 1. The van der Waals surface area contributed by atoms with Gasteiger partial charge < -0.3 is 15.0 Å². The SMILES string of the molecule is COc1ccc(S(=O)(=O)NCC2CCN(C(=O)Nc3ccc(F)cc3)CC2)cc1F. The summed E-state index contributed by atoms with van der Waals surface area (Å²) in [7, 11) is -2.55. The van der Waals surface area contributed by atoms with Crippen LogP contribution in [0.2, 0.25) is 0 Å². The van der Waals surface area contributed by atoms with Crippen molar-refractivity contribution in [3.8, 4) is 5.75 Å². The Balaban J connectivity index is 1.49. The summed E-state index contributed by atoms with van der Waals surface area (Å²) in [5.41, 5.74) is 0.503. The summed E-state index contributed by atoms with van der Waals surface area (Å²) in [6, 6.07) is 8.69. The van der Waals surface area contributed by atoms with Crippen LogP contribution in [0.1, 0.15) is 12.8 Å². The summed E-state index contributed by atoms with van der Waals surface area (Å²) in [4.78, 5) is 13.8. The molecule has 2 amide bonds. The average molecular weight is 439 g/mol. The molecule has 0 bridgehead atoms. The summed E-state index contributed by atoms with van der Waals surface area (Å²) >= 11 is 0. The first-order valence-corrected chi connectivity index (χ1v) is 10.9. The maximum absolute atomic E-state index is 13.8. The van der Waals surface area contributed by atoms with Crippen LogP contribution in [0.15, 0.2) is 47.4 Å². The maximum Gasteiger partial charge on any atom is 0.321 e. The molecule has 7 nitrogen and oxygen atoms in total. The van der Waals surface area contributed by atoms with Gasteiger partial charge in [0.15, 0.2) is 11.6 Å². The van der Waals surface area contributed by atoms with Crippen LogP contribution in [-0.2, 0) is 10.0 Å². The Morgan fingerprint density at radius 1 is 1.13 bits per heavy atom. The Bertz CT molecular complexity index is 992. The number of carbonyl (C=O) groups is 1. The molecule has 3 rings (SSSR count). The Morgan fingerprint density at radius 2 is 1.80 bits per heavy atom. The number of sulfonamides is 1. The zero-order valence-corrected chi connectivity index (χ0v) is 17.2. The van der Waals surface area contributed by atoms with Gasteiger partial charge in [-0.15, -0.1) is 0 Å². The fourth-order valence-corrected chi connectivity index (χ4v) is 4.33. The van der Waals surface area contributed by atoms with Crippen LogP contribution in [0, 0.1) is 17.6 Å². The van der Waals surface area contributed by atoms with Gasteiger partial charge in [-0.1, -0.05) is 0 Å². The molecule has 0 saturated carbocycles. The van der Waals surface area contributed by atoms with E-state index in [1.165, 1.54) is 43.5 Å². The van der Waals surface area contributed by atoms with Crippen molar-refractivity contribution in [2.24, 2.45) is 5.92 Å². The zero-order chi connectivity index (χ0) is 21.7. The molecule has 0 atom stereocenters. The molecule has 2 N–H and O–H groups in total. The number of halogens is 2. The van der Waals surface area contributed by atoms with Gasteiger partial charge in [0.1, 0.15) is 5.82 Å². The summed E-state index contributed by atoms with van der Waals surface area (Å²) in [6.45, 7) is 1.14. The number of anilines is 1. The number of nitrogens with zero attached hydrogens (tertiary/aromatic N) is 1. The molecule has 1 saturated heterocycles. The van der Waals surface area contributed by atoms with Crippen LogP contribution in [0.3, 0.4) is 0 Å². The van der Waals surface area contributed by atoms with Crippen molar-refractivity contribution in [3.63, 3.8) is 0 Å². The van der Waals surface area contributed by atoms with Gasteiger partial charge >= 0.3 is 6.03 Å². The molecule has 1 aliphatic heterocycles. The lowest BCUT2D eigenvalue weighted by Gasteiger charge is -2.32. The lowest BCUT2D eigenvalue weighted by atomic mass is 9.97. The van der Waals surface area contributed by atoms with Crippen LogP contribution in [0.25, 0.3) is 0 Å². The molecule has 0 radical (unpaired) electrons. The first-order chi connectivity index (χ1) is 14.3. The highest BCUT2D eigenvalue weighted by Gasteiger charge is 2.25. The van der Waals surface area contributed by atoms with E-state index >= 15 is 0 Å². The highest BCUT2D eigenvalue weighted by molar-refractivity contribution is 7.89. The van der Waals surface area contributed by atoms with Crippen LogP contribution in [0.5, 0.6) is 5.75 Å². The Morgan fingerprint density at radius 3 is 2.40 bits per heavy atom. The fraction of sp³-hybridized carbons (Fsp3) is 0.350. The number of benzene rings is 2. The largest absolute Gasteiger partial charge is 0.494 e. The third-order valence-corrected chi connectivity index (χ3v) is 6.41. The number of piperidine rings is 1. The van der Waals surface area contributed by atoms with Gasteiger partial charge in [-0.2, -0.15) is 0 Å². The van der Waals surface area contributed by atoms with Gasteiger partial charge in [-0.3, -0.25) is 0 Å². The fourth-order valence-electron chi connectivity index (χ4n) is 3.20. The molecule has 10 heteroatoms.